The summed E-state index contributed by atoms with van der Waals surface area (Å²) in [6, 6.07) is 5.81. The Labute approximate surface area is 154 Å². The molecule has 1 aliphatic heterocycles. The fraction of sp³-hybridized carbons (Fsp3) is 0.611. The summed E-state index contributed by atoms with van der Waals surface area (Å²) in [5.41, 5.74) is 0.924. The quantitative estimate of drug-likeness (QED) is 0.581. The van der Waals surface area contributed by atoms with E-state index in [2.05, 4.69) is 22.4 Å². The molecule has 0 saturated heterocycles. The summed E-state index contributed by atoms with van der Waals surface area (Å²) >= 11 is 7.50. The van der Waals surface area contributed by atoms with Crippen molar-refractivity contribution in [1.82, 2.24) is 5.32 Å². The average Bonchev–Trinajstić information content (AvgIpc) is 2.62. The van der Waals surface area contributed by atoms with Gasteiger partial charge in [0, 0.05) is 23.5 Å². The first kappa shape index (κ1) is 17.7. The second-order valence-electron chi connectivity index (χ2n) is 6.22. The molecule has 3 rings (SSSR count). The highest BCUT2D eigenvalue weighted by Crippen LogP contribution is 2.32. The SMILES string of the molecule is S=C(NCCCSC1CCCCC1)Nc1ccc2c(c1)OCCO2. The highest BCUT2D eigenvalue weighted by atomic mass is 32.2. The van der Waals surface area contributed by atoms with Crippen LogP contribution in [0.3, 0.4) is 0 Å². The van der Waals surface area contributed by atoms with Crippen LogP contribution in [0.1, 0.15) is 38.5 Å². The molecular weight excluding hydrogens is 340 g/mol. The van der Waals surface area contributed by atoms with Gasteiger partial charge in [0.1, 0.15) is 13.2 Å². The van der Waals surface area contributed by atoms with Crippen molar-refractivity contribution in [3.63, 3.8) is 0 Å². The molecule has 132 valence electrons. The Bertz CT molecular complexity index is 548. The Kier molecular flexibility index (Phi) is 6.90. The third-order valence-electron chi connectivity index (χ3n) is 4.31. The lowest BCUT2D eigenvalue weighted by Gasteiger charge is -2.21. The summed E-state index contributed by atoms with van der Waals surface area (Å²) < 4.78 is 11.1. The second kappa shape index (κ2) is 9.37. The molecule has 0 amide bonds. The van der Waals surface area contributed by atoms with Crippen molar-refractivity contribution in [3.05, 3.63) is 18.2 Å². The van der Waals surface area contributed by atoms with Crippen molar-refractivity contribution in [2.24, 2.45) is 0 Å². The Morgan fingerprint density at radius 1 is 1.12 bits per heavy atom. The van der Waals surface area contributed by atoms with Gasteiger partial charge in [0.05, 0.1) is 0 Å². The van der Waals surface area contributed by atoms with E-state index in [4.69, 9.17) is 21.7 Å². The normalized spacial score (nSPS) is 17.3. The molecular formula is C18H26N2O2S2. The number of rotatable bonds is 6. The summed E-state index contributed by atoms with van der Waals surface area (Å²) in [6.07, 6.45) is 8.21. The van der Waals surface area contributed by atoms with Gasteiger partial charge in [-0.2, -0.15) is 11.8 Å². The topological polar surface area (TPSA) is 42.5 Å². The van der Waals surface area contributed by atoms with E-state index >= 15 is 0 Å². The van der Waals surface area contributed by atoms with Crippen LogP contribution in [0.25, 0.3) is 0 Å². The number of hydrogen-bond acceptors (Lipinski definition) is 4. The zero-order valence-corrected chi connectivity index (χ0v) is 15.6. The standard InChI is InChI=1S/C18H26N2O2S2/c23-18(19-9-4-12-24-15-5-2-1-3-6-15)20-14-7-8-16-17(13-14)22-11-10-21-16/h7-8,13,15H,1-6,9-12H2,(H2,19,20,23). The smallest absolute Gasteiger partial charge is 0.170 e. The van der Waals surface area contributed by atoms with Gasteiger partial charge in [0.15, 0.2) is 16.6 Å². The first-order valence-corrected chi connectivity index (χ1v) is 10.3. The number of thioether (sulfide) groups is 1. The molecule has 1 aliphatic carbocycles. The fourth-order valence-corrected chi connectivity index (χ4v) is 4.58. The van der Waals surface area contributed by atoms with Gasteiger partial charge in [-0.1, -0.05) is 19.3 Å². The largest absolute Gasteiger partial charge is 0.486 e. The van der Waals surface area contributed by atoms with Crippen LogP contribution in [0.4, 0.5) is 5.69 Å². The van der Waals surface area contributed by atoms with Crippen LogP contribution in [0, 0.1) is 0 Å². The van der Waals surface area contributed by atoms with Gasteiger partial charge in [-0.25, -0.2) is 0 Å². The molecule has 1 aromatic carbocycles. The molecule has 24 heavy (non-hydrogen) atoms. The van der Waals surface area contributed by atoms with E-state index in [1.165, 1.54) is 37.9 Å². The van der Waals surface area contributed by atoms with Crippen molar-refractivity contribution in [2.45, 2.75) is 43.8 Å². The summed E-state index contributed by atoms with van der Waals surface area (Å²) in [5, 5.41) is 8.05. The summed E-state index contributed by atoms with van der Waals surface area (Å²) in [5.74, 6) is 2.79. The van der Waals surface area contributed by atoms with E-state index in [0.717, 1.165) is 35.4 Å². The number of fused-ring (bicyclic) bond motifs is 1. The molecule has 6 heteroatoms. The van der Waals surface area contributed by atoms with Crippen molar-refractivity contribution in [3.8, 4) is 11.5 Å². The molecule has 1 aromatic rings. The molecule has 0 aromatic heterocycles. The third kappa shape index (κ3) is 5.45. The first-order chi connectivity index (χ1) is 11.8. The third-order valence-corrected chi connectivity index (χ3v) is 6.03. The van der Waals surface area contributed by atoms with E-state index in [9.17, 15) is 0 Å². The van der Waals surface area contributed by atoms with Crippen LogP contribution in [-0.4, -0.2) is 35.9 Å². The zero-order valence-electron chi connectivity index (χ0n) is 14.0. The van der Waals surface area contributed by atoms with Gasteiger partial charge >= 0.3 is 0 Å². The maximum Gasteiger partial charge on any atom is 0.170 e. The van der Waals surface area contributed by atoms with Crippen LogP contribution in [0.5, 0.6) is 11.5 Å². The predicted octanol–water partition coefficient (Wildman–Crippen LogP) is 4.20. The van der Waals surface area contributed by atoms with Crippen molar-refractivity contribution in [2.75, 3.05) is 30.8 Å². The van der Waals surface area contributed by atoms with Gasteiger partial charge in [-0.15, -0.1) is 0 Å². The lowest BCUT2D eigenvalue weighted by Crippen LogP contribution is -2.29. The van der Waals surface area contributed by atoms with E-state index in [1.807, 2.05) is 18.2 Å². The van der Waals surface area contributed by atoms with E-state index in [1.54, 1.807) is 0 Å². The van der Waals surface area contributed by atoms with E-state index in [-0.39, 0.29) is 0 Å². The van der Waals surface area contributed by atoms with Crippen LogP contribution < -0.4 is 20.1 Å². The molecule has 0 spiro atoms. The van der Waals surface area contributed by atoms with E-state index < -0.39 is 0 Å². The van der Waals surface area contributed by atoms with E-state index in [0.29, 0.717) is 18.3 Å². The molecule has 2 N–H and O–H groups in total. The monoisotopic (exact) mass is 366 g/mol. The lowest BCUT2D eigenvalue weighted by molar-refractivity contribution is 0.171. The minimum absolute atomic E-state index is 0.595. The molecule has 0 atom stereocenters. The van der Waals surface area contributed by atoms with Gasteiger partial charge in [-0.3, -0.25) is 0 Å². The summed E-state index contributed by atoms with van der Waals surface area (Å²) in [7, 11) is 0. The lowest BCUT2D eigenvalue weighted by atomic mass is 10.0. The minimum atomic E-state index is 0.595. The number of nitrogens with one attached hydrogen (secondary N) is 2. The summed E-state index contributed by atoms with van der Waals surface area (Å²) in [6.45, 7) is 2.12. The molecule has 0 unspecified atom stereocenters. The van der Waals surface area contributed by atoms with Gasteiger partial charge in [-0.05, 0) is 49.4 Å². The number of ether oxygens (including phenoxy) is 2. The zero-order chi connectivity index (χ0) is 16.6. The highest BCUT2D eigenvalue weighted by molar-refractivity contribution is 7.99. The molecule has 1 saturated carbocycles. The number of hydrogen-bond donors (Lipinski definition) is 2. The number of anilines is 1. The highest BCUT2D eigenvalue weighted by Gasteiger charge is 2.13. The molecule has 0 bridgehead atoms. The van der Waals surface area contributed by atoms with Crippen LogP contribution in [-0.2, 0) is 0 Å². The molecule has 1 heterocycles. The van der Waals surface area contributed by atoms with Crippen molar-refractivity contribution < 1.29 is 9.47 Å². The van der Waals surface area contributed by atoms with Gasteiger partial charge in [0.25, 0.3) is 0 Å². The number of thiocarbonyl (C=S) groups is 1. The Morgan fingerprint density at radius 2 is 1.92 bits per heavy atom. The van der Waals surface area contributed by atoms with Crippen LogP contribution >= 0.6 is 24.0 Å². The minimum Gasteiger partial charge on any atom is -0.486 e. The number of benzene rings is 1. The van der Waals surface area contributed by atoms with Crippen molar-refractivity contribution in [1.29, 1.82) is 0 Å². The Hall–Kier alpha value is -1.14. The first-order valence-electron chi connectivity index (χ1n) is 8.87. The van der Waals surface area contributed by atoms with Gasteiger partial charge < -0.3 is 20.1 Å². The van der Waals surface area contributed by atoms with Crippen LogP contribution in [0.15, 0.2) is 18.2 Å². The summed E-state index contributed by atoms with van der Waals surface area (Å²) in [4.78, 5) is 0. The Morgan fingerprint density at radius 3 is 2.75 bits per heavy atom. The Balaban J connectivity index is 1.32. The average molecular weight is 367 g/mol. The van der Waals surface area contributed by atoms with Crippen molar-refractivity contribution >= 4 is 34.8 Å². The fourth-order valence-electron chi connectivity index (χ4n) is 3.05. The second-order valence-corrected chi connectivity index (χ2v) is 8.04. The maximum absolute atomic E-state index is 5.58. The molecule has 1 fully saturated rings. The van der Waals surface area contributed by atoms with Gasteiger partial charge in [0.2, 0.25) is 0 Å². The molecule has 4 nitrogen and oxygen atoms in total. The molecule has 0 radical (unpaired) electrons. The predicted molar refractivity (Wildman–Crippen MR) is 106 cm³/mol. The van der Waals surface area contributed by atoms with Crippen LogP contribution in [0.2, 0.25) is 0 Å². The maximum atomic E-state index is 5.58. The molecule has 2 aliphatic rings.